The summed E-state index contributed by atoms with van der Waals surface area (Å²) in [5.74, 6) is 0.800. The Labute approximate surface area is 109 Å². The van der Waals surface area contributed by atoms with Crippen molar-refractivity contribution < 1.29 is 14.2 Å². The van der Waals surface area contributed by atoms with Crippen LogP contribution in [0.1, 0.15) is 25.5 Å². The molecule has 4 heteroatoms. The summed E-state index contributed by atoms with van der Waals surface area (Å²) in [4.78, 5) is 0. The van der Waals surface area contributed by atoms with Gasteiger partial charge in [0.15, 0.2) is 0 Å². The summed E-state index contributed by atoms with van der Waals surface area (Å²) in [5, 5.41) is 0. The molecule has 0 aliphatic carbocycles. The van der Waals surface area contributed by atoms with E-state index in [2.05, 4.69) is 0 Å². The summed E-state index contributed by atoms with van der Waals surface area (Å²) in [6, 6.07) is 7.59. The molecule has 0 aliphatic heterocycles. The number of ether oxygens (including phenoxy) is 3. The van der Waals surface area contributed by atoms with Gasteiger partial charge in [0.1, 0.15) is 12.4 Å². The molecule has 0 aliphatic rings. The molecule has 0 bridgehead atoms. The summed E-state index contributed by atoms with van der Waals surface area (Å²) in [5.41, 5.74) is 7.16. The van der Waals surface area contributed by atoms with Gasteiger partial charge in [0, 0.05) is 19.3 Å². The standard InChI is InChI=1S/C14H23NO3/c1-4-17-11(2)14(15)12-7-5-6-8-13(12)18-10-9-16-3/h5-8,11,14H,4,9-10,15H2,1-3H3. The molecule has 2 N–H and O–H groups in total. The van der Waals surface area contributed by atoms with Gasteiger partial charge in [0.2, 0.25) is 0 Å². The lowest BCUT2D eigenvalue weighted by atomic mass is 10.0. The molecule has 0 spiro atoms. The zero-order chi connectivity index (χ0) is 13.4. The minimum Gasteiger partial charge on any atom is -0.491 e. The number of benzene rings is 1. The first-order chi connectivity index (χ1) is 8.70. The summed E-state index contributed by atoms with van der Waals surface area (Å²) in [6.07, 6.45) is -0.0397. The van der Waals surface area contributed by atoms with Crippen molar-refractivity contribution in [2.75, 3.05) is 26.9 Å². The Hall–Kier alpha value is -1.10. The van der Waals surface area contributed by atoms with E-state index in [9.17, 15) is 0 Å². The molecular formula is C14H23NO3. The number of nitrogens with two attached hydrogens (primary N) is 1. The van der Waals surface area contributed by atoms with Crippen LogP contribution in [0.25, 0.3) is 0 Å². The van der Waals surface area contributed by atoms with E-state index in [1.165, 1.54) is 0 Å². The van der Waals surface area contributed by atoms with Crippen molar-refractivity contribution in [3.63, 3.8) is 0 Å². The van der Waals surface area contributed by atoms with Crippen LogP contribution in [0.15, 0.2) is 24.3 Å². The minimum absolute atomic E-state index is 0.0397. The maximum Gasteiger partial charge on any atom is 0.124 e. The van der Waals surface area contributed by atoms with Crippen molar-refractivity contribution in [1.82, 2.24) is 0 Å². The van der Waals surface area contributed by atoms with Crippen LogP contribution in [0.4, 0.5) is 0 Å². The Balaban J connectivity index is 2.73. The summed E-state index contributed by atoms with van der Waals surface area (Å²) < 4.78 is 16.2. The van der Waals surface area contributed by atoms with Crippen LogP contribution in [0.3, 0.4) is 0 Å². The first-order valence-electron chi connectivity index (χ1n) is 6.28. The molecule has 0 radical (unpaired) electrons. The zero-order valence-electron chi connectivity index (χ0n) is 11.4. The second kappa shape index (κ2) is 8.08. The smallest absolute Gasteiger partial charge is 0.124 e. The van der Waals surface area contributed by atoms with Crippen molar-refractivity contribution in [2.45, 2.75) is 26.0 Å². The molecule has 1 rings (SSSR count). The molecule has 4 nitrogen and oxygen atoms in total. The molecule has 0 fully saturated rings. The maximum atomic E-state index is 6.19. The molecule has 2 atom stereocenters. The average Bonchev–Trinajstić information content (AvgIpc) is 2.39. The van der Waals surface area contributed by atoms with Crippen molar-refractivity contribution in [3.8, 4) is 5.75 Å². The van der Waals surface area contributed by atoms with Gasteiger partial charge in [0.25, 0.3) is 0 Å². The van der Waals surface area contributed by atoms with Gasteiger partial charge in [-0.25, -0.2) is 0 Å². The Morgan fingerprint density at radius 2 is 1.94 bits per heavy atom. The fraction of sp³-hybridized carbons (Fsp3) is 0.571. The van der Waals surface area contributed by atoms with Crippen molar-refractivity contribution in [3.05, 3.63) is 29.8 Å². The SMILES string of the molecule is CCOC(C)C(N)c1ccccc1OCCOC. The topological polar surface area (TPSA) is 53.7 Å². The number of rotatable bonds is 8. The van der Waals surface area contributed by atoms with E-state index in [1.807, 2.05) is 38.1 Å². The van der Waals surface area contributed by atoms with E-state index in [1.54, 1.807) is 7.11 Å². The van der Waals surface area contributed by atoms with Crippen LogP contribution in [0.2, 0.25) is 0 Å². The van der Waals surface area contributed by atoms with Crippen molar-refractivity contribution >= 4 is 0 Å². The van der Waals surface area contributed by atoms with Gasteiger partial charge in [-0.1, -0.05) is 18.2 Å². The Bertz CT molecular complexity index is 344. The first kappa shape index (κ1) is 15.0. The van der Waals surface area contributed by atoms with Crippen LogP contribution in [-0.2, 0) is 9.47 Å². The minimum atomic E-state index is -0.191. The van der Waals surface area contributed by atoms with E-state index in [0.717, 1.165) is 11.3 Å². The van der Waals surface area contributed by atoms with Crippen molar-refractivity contribution in [1.29, 1.82) is 0 Å². The predicted molar refractivity (Wildman–Crippen MR) is 71.8 cm³/mol. The van der Waals surface area contributed by atoms with Crippen molar-refractivity contribution in [2.24, 2.45) is 5.73 Å². The van der Waals surface area contributed by atoms with Gasteiger partial charge in [0.05, 0.1) is 18.8 Å². The highest BCUT2D eigenvalue weighted by molar-refractivity contribution is 5.36. The maximum absolute atomic E-state index is 6.19. The van der Waals surface area contributed by atoms with E-state index >= 15 is 0 Å². The molecule has 102 valence electrons. The van der Waals surface area contributed by atoms with Gasteiger partial charge in [-0.3, -0.25) is 0 Å². The first-order valence-corrected chi connectivity index (χ1v) is 6.28. The summed E-state index contributed by atoms with van der Waals surface area (Å²) in [7, 11) is 1.65. The zero-order valence-corrected chi connectivity index (χ0v) is 11.4. The molecule has 1 aromatic rings. The third-order valence-corrected chi connectivity index (χ3v) is 2.76. The highest BCUT2D eigenvalue weighted by atomic mass is 16.5. The van der Waals surface area contributed by atoms with E-state index < -0.39 is 0 Å². The third-order valence-electron chi connectivity index (χ3n) is 2.76. The highest BCUT2D eigenvalue weighted by Gasteiger charge is 2.18. The molecule has 0 heterocycles. The monoisotopic (exact) mass is 253 g/mol. The second-order valence-electron chi connectivity index (χ2n) is 4.07. The Morgan fingerprint density at radius 1 is 1.22 bits per heavy atom. The molecule has 0 saturated heterocycles. The van der Waals surface area contributed by atoms with Gasteiger partial charge in [-0.05, 0) is 19.9 Å². The molecular weight excluding hydrogens is 230 g/mol. The second-order valence-corrected chi connectivity index (χ2v) is 4.07. The van der Waals surface area contributed by atoms with E-state index in [0.29, 0.717) is 19.8 Å². The largest absolute Gasteiger partial charge is 0.491 e. The fourth-order valence-electron chi connectivity index (χ4n) is 1.74. The number of hydrogen-bond acceptors (Lipinski definition) is 4. The lowest BCUT2D eigenvalue weighted by Gasteiger charge is -2.22. The van der Waals surface area contributed by atoms with Crippen LogP contribution >= 0.6 is 0 Å². The lowest BCUT2D eigenvalue weighted by Crippen LogP contribution is -2.27. The van der Waals surface area contributed by atoms with Gasteiger partial charge in [-0.15, -0.1) is 0 Å². The lowest BCUT2D eigenvalue weighted by molar-refractivity contribution is 0.0564. The third kappa shape index (κ3) is 4.29. The summed E-state index contributed by atoms with van der Waals surface area (Å²) >= 11 is 0. The van der Waals surface area contributed by atoms with E-state index in [-0.39, 0.29) is 12.1 Å². The molecule has 0 saturated carbocycles. The van der Waals surface area contributed by atoms with Crippen LogP contribution in [0, 0.1) is 0 Å². The molecule has 18 heavy (non-hydrogen) atoms. The number of methoxy groups -OCH3 is 1. The van der Waals surface area contributed by atoms with Crippen LogP contribution in [0.5, 0.6) is 5.75 Å². The van der Waals surface area contributed by atoms with Crippen LogP contribution in [-0.4, -0.2) is 33.0 Å². The average molecular weight is 253 g/mol. The highest BCUT2D eigenvalue weighted by Crippen LogP contribution is 2.26. The van der Waals surface area contributed by atoms with Gasteiger partial charge >= 0.3 is 0 Å². The summed E-state index contributed by atoms with van der Waals surface area (Å²) in [6.45, 7) is 5.67. The molecule has 1 aromatic carbocycles. The normalized spacial score (nSPS) is 14.2. The number of hydrogen-bond donors (Lipinski definition) is 1. The van der Waals surface area contributed by atoms with Crippen LogP contribution < -0.4 is 10.5 Å². The predicted octanol–water partition coefficient (Wildman–Crippen LogP) is 2.14. The Kier molecular flexibility index (Phi) is 6.72. The quantitative estimate of drug-likeness (QED) is 0.721. The molecule has 0 aromatic heterocycles. The molecule has 0 amide bonds. The van der Waals surface area contributed by atoms with Gasteiger partial charge < -0.3 is 19.9 Å². The Morgan fingerprint density at radius 3 is 2.61 bits per heavy atom. The fourth-order valence-corrected chi connectivity index (χ4v) is 1.74. The van der Waals surface area contributed by atoms with Gasteiger partial charge in [-0.2, -0.15) is 0 Å². The number of para-hydroxylation sites is 1. The van der Waals surface area contributed by atoms with E-state index in [4.69, 9.17) is 19.9 Å². The molecule has 2 unspecified atom stereocenters.